The number of carbonyl (C=O) groups excluding carboxylic acids is 5. The second-order valence-corrected chi connectivity index (χ2v) is 40.8. The molecule has 5 aromatic heterocycles. The van der Waals surface area contributed by atoms with E-state index in [0.717, 1.165) is 131 Å². The van der Waals surface area contributed by atoms with Crippen molar-refractivity contribution in [1.29, 1.82) is 0 Å². The average molecular weight is 1720 g/mol. The van der Waals surface area contributed by atoms with Gasteiger partial charge in [-0.2, -0.15) is 13.2 Å². The molecule has 0 aliphatic heterocycles. The van der Waals surface area contributed by atoms with Gasteiger partial charge in [0.15, 0.2) is 34.7 Å². The number of aromatic nitrogens is 6. The van der Waals surface area contributed by atoms with Crippen LogP contribution in [0.4, 0.5) is 13.2 Å². The summed E-state index contributed by atoms with van der Waals surface area (Å²) in [5, 5.41) is 0.695. The Kier molecular flexibility index (Phi) is 23.7. The number of benzene rings is 3. The van der Waals surface area contributed by atoms with Crippen molar-refractivity contribution in [2.24, 2.45) is 57.2 Å². The molecule has 8 aromatic rings. The van der Waals surface area contributed by atoms with E-state index in [1.54, 1.807) is 20.8 Å². The molecule has 0 unspecified atom stereocenters. The Morgan fingerprint density at radius 1 is 0.386 bits per heavy atom. The van der Waals surface area contributed by atoms with Crippen molar-refractivity contribution in [1.82, 2.24) is 29.9 Å². The molecule has 0 spiro atoms. The summed E-state index contributed by atoms with van der Waals surface area (Å²) in [5.41, 5.74) is 12.3. The number of allylic oxidation sites excluding steroid dienone is 10. The van der Waals surface area contributed by atoms with Gasteiger partial charge >= 0.3 is 6.18 Å². The number of rotatable bonds is 3. The van der Waals surface area contributed by atoms with Gasteiger partial charge in [0.2, 0.25) is 28.5 Å². The van der Waals surface area contributed by atoms with E-state index in [9.17, 15) is 37.1 Å². The summed E-state index contributed by atoms with van der Waals surface area (Å²) in [5.74, 6) is 0.654. The van der Waals surface area contributed by atoms with E-state index in [1.165, 1.54) is 28.8 Å². The number of carbonyl (C=O) groups is 5. The number of nitrogens with zero attached hydrogens (tertiary/aromatic N) is 11. The molecule has 0 bridgehead atoms. The minimum absolute atomic E-state index is 0.00851. The minimum atomic E-state index is -4.52. The first-order valence-electron chi connectivity index (χ1n) is 43.7. The molecule has 10 aliphatic rings. The molecule has 648 valence electrons. The van der Waals surface area contributed by atoms with Crippen molar-refractivity contribution < 1.29 is 37.1 Å². The number of Topliss-reactive ketones (excluding diaryl/α,β-unsaturated/α-hetero) is 5. The third-order valence-corrected chi connectivity index (χ3v) is 30.1. The van der Waals surface area contributed by atoms with Crippen molar-refractivity contribution in [3.63, 3.8) is 0 Å². The lowest BCUT2D eigenvalue weighted by Crippen LogP contribution is -2.51. The highest BCUT2D eigenvalue weighted by molar-refractivity contribution is 6.30. The van der Waals surface area contributed by atoms with Crippen LogP contribution in [0.1, 0.15) is 223 Å². The molecule has 0 N–H and O–H groups in total. The molecule has 0 amide bonds. The van der Waals surface area contributed by atoms with Crippen LogP contribution in [0.15, 0.2) is 192 Å². The smallest absolute Gasteiger partial charge is 0.308 e. The zero-order valence-electron chi connectivity index (χ0n) is 75.6. The van der Waals surface area contributed by atoms with E-state index in [4.69, 9.17) is 64.4 Å². The van der Waals surface area contributed by atoms with Gasteiger partial charge in [0.05, 0.1) is 72.7 Å². The first-order valence-corrected chi connectivity index (χ1v) is 44.1. The highest BCUT2D eigenvalue weighted by Gasteiger charge is 2.60. The van der Waals surface area contributed by atoms with Gasteiger partial charge in [-0.25, -0.2) is 39.2 Å². The van der Waals surface area contributed by atoms with Crippen LogP contribution in [-0.2, 0) is 94.7 Å². The van der Waals surface area contributed by atoms with Gasteiger partial charge in [-0.3, -0.25) is 15.0 Å². The molecule has 11 atom stereocenters. The number of alkyl halides is 3. The average Bonchev–Trinajstić information content (AvgIpc) is 0.729. The molecule has 16 nitrogen and oxygen atoms in total. The number of aryl methyl sites for hydroxylation is 6. The molecule has 0 saturated heterocycles. The summed E-state index contributed by atoms with van der Waals surface area (Å²) < 4.78 is 39.2. The lowest BCUT2D eigenvalue weighted by atomic mass is 9.53. The van der Waals surface area contributed by atoms with Crippen LogP contribution < -0.4 is 0 Å². The maximum Gasteiger partial charge on any atom is 0.433 e. The van der Waals surface area contributed by atoms with Crippen LogP contribution in [-0.4, -0.2) is 58.8 Å². The fourth-order valence-corrected chi connectivity index (χ4v) is 23.3. The highest BCUT2D eigenvalue weighted by Crippen LogP contribution is 2.60. The van der Waals surface area contributed by atoms with Crippen molar-refractivity contribution in [3.8, 4) is 33.9 Å². The standard InChI is InChI=1S/C23H21ClN2O.C23H23N3O.C22H20N2O.C21H26N2O.C18H17F3N2O/c1-22(2)19-12-8-15-7-11-17(14-5-9-16(24)10-6-14)26-20(15)23(19,3)13-18(25-4)21(22)27;1-14-7-6-8-15(11-14)21-25-13-16-9-10-18-22(2,3)20(27)17(24-5)12-23(18,4)19(16)26-21;1-14-17-11-9-16-10-12-18(15-7-5-4-6-8-15)24-21(16)22(17,2)13-19(23-3)20(14)25;1-19(2,3)16-11-9-13-8-10-15-20(4,5)18(24)14(22-7)12-21(15,6)17(13)23-16;1-16(2)12-7-5-10-6-8-13(18(19,20)21)23-14(10)17(12,3)9-11(22-4)15(16)24/h5-7,9-11,13,19H,8,12H2,1-3H3;6-8,11-13,18H,9-10H2,1-4H3;4-8,10,12-14,17H,9,11H2,1-2H3;9,11-12,15H,8,10H2,1-6H3;6,8-9,12H,5,7H2,1-3H3/t19-,23-;18-,23-;14-,17-,22-;15-,21-;12-,17-/m00000/s1. The van der Waals surface area contributed by atoms with Crippen molar-refractivity contribution in [2.45, 2.75) is 228 Å². The van der Waals surface area contributed by atoms with Gasteiger partial charge in [-0.15, -0.1) is 0 Å². The summed E-state index contributed by atoms with van der Waals surface area (Å²) in [6, 6.07) is 41.2. The van der Waals surface area contributed by atoms with Crippen LogP contribution in [0.25, 0.3) is 58.1 Å². The van der Waals surface area contributed by atoms with E-state index in [2.05, 4.69) is 144 Å². The van der Waals surface area contributed by atoms with Gasteiger partial charge in [0.1, 0.15) is 5.69 Å². The van der Waals surface area contributed by atoms with Gasteiger partial charge in [-0.1, -0.05) is 250 Å². The van der Waals surface area contributed by atoms with E-state index < -0.39 is 49.8 Å². The van der Waals surface area contributed by atoms with Gasteiger partial charge in [-0.05, 0) is 171 Å². The Bertz CT molecular complexity index is 6190. The predicted molar refractivity (Wildman–Crippen MR) is 487 cm³/mol. The number of hydrogen-bond donors (Lipinski definition) is 0. The number of halogens is 4. The lowest BCUT2D eigenvalue weighted by molar-refractivity contribution is -0.141. The first kappa shape index (κ1) is 91.1. The number of ketones is 5. The molecular formula is C107H107ClF3N11O5. The van der Waals surface area contributed by atoms with Crippen molar-refractivity contribution in [3.05, 3.63) is 328 Å². The Hall–Kier alpha value is -12.1. The van der Waals surface area contributed by atoms with Crippen LogP contribution >= 0.6 is 11.6 Å². The zero-order chi connectivity index (χ0) is 92.2. The minimum Gasteiger partial charge on any atom is -0.308 e. The Labute approximate surface area is 749 Å². The molecule has 0 radical (unpaired) electrons. The molecule has 127 heavy (non-hydrogen) atoms. The third kappa shape index (κ3) is 15.8. The third-order valence-electron chi connectivity index (χ3n) is 29.9. The number of hydrogen-bond acceptors (Lipinski definition) is 11. The number of pyridine rings is 4. The van der Waals surface area contributed by atoms with Gasteiger partial charge in [0.25, 0.3) is 0 Å². The molecule has 3 aromatic carbocycles. The van der Waals surface area contributed by atoms with Crippen LogP contribution in [0.3, 0.4) is 0 Å². The zero-order valence-corrected chi connectivity index (χ0v) is 76.4. The normalized spacial score (nSPS) is 27.2. The fourth-order valence-electron chi connectivity index (χ4n) is 23.2. The highest BCUT2D eigenvalue weighted by atomic mass is 35.5. The second kappa shape index (κ2) is 33.0. The van der Waals surface area contributed by atoms with Crippen LogP contribution in [0.5, 0.6) is 0 Å². The molecular weight excluding hydrogens is 1610 g/mol. The van der Waals surface area contributed by atoms with Crippen LogP contribution in [0.2, 0.25) is 5.02 Å². The largest absolute Gasteiger partial charge is 0.433 e. The summed E-state index contributed by atoms with van der Waals surface area (Å²) >= 11 is 6.02. The summed E-state index contributed by atoms with van der Waals surface area (Å²) in [4.78, 5) is 109. The van der Waals surface area contributed by atoms with Gasteiger partial charge in [0, 0.05) is 93.7 Å². The Balaban J connectivity index is 0.000000129. The van der Waals surface area contributed by atoms with Crippen LogP contribution in [0, 0.1) is 97.0 Å². The predicted octanol–water partition coefficient (Wildman–Crippen LogP) is 23.9. The molecule has 0 saturated carbocycles. The van der Waals surface area contributed by atoms with E-state index >= 15 is 0 Å². The second-order valence-electron chi connectivity index (χ2n) is 40.4. The first-order chi connectivity index (χ1) is 59.6. The molecule has 20 heteroatoms. The van der Waals surface area contributed by atoms with E-state index in [1.807, 2.05) is 140 Å². The Morgan fingerprint density at radius 3 is 1.13 bits per heavy atom. The molecule has 0 fully saturated rings. The quantitative estimate of drug-likeness (QED) is 0.153. The van der Waals surface area contributed by atoms with Crippen molar-refractivity contribution >= 4 is 40.5 Å². The molecule has 5 heterocycles. The topological polar surface area (TPSA) is 184 Å². The van der Waals surface area contributed by atoms with E-state index in [0.29, 0.717) is 29.4 Å². The monoisotopic (exact) mass is 1720 g/mol. The van der Waals surface area contributed by atoms with E-state index in [-0.39, 0.29) is 109 Å². The maximum absolute atomic E-state index is 13.1. The summed E-state index contributed by atoms with van der Waals surface area (Å²) in [7, 11) is 0. The fraction of sp³-hybridized carbons (Fsp3) is 0.421. The maximum atomic E-state index is 13.1. The summed E-state index contributed by atoms with van der Waals surface area (Å²) in [6.07, 6.45) is 15.1. The molecule has 10 aliphatic carbocycles. The van der Waals surface area contributed by atoms with Gasteiger partial charge < -0.3 is 24.0 Å². The SMILES string of the molecule is [C-]#[N+]C1=C[C@]2(C)c3nc(-c4ccc(Cl)cc4)ccc3CC[C@H]2C(C)(C)C1=O.[C-]#[N+]C1=C[C@]2(C)c3nc(-c4cccc(C)c4)ncc3CC[C@H]2C(C)(C)C1=O.[C-]#[N+]C1=C[C@]2(C)c3nc(-c4ccccc4)ccc3CC[C@H]2[C@H](C)C1=O.[C-]#[N+]C1=C[C@]2(C)c3nc(C(C)(C)C)ccc3CC[C@H]2C(C)(C)C1=O.[C-]#[N+]C1=C[C@]2(C)c3nc(C(F)(F)F)ccc3CC[C@H]2C(C)(C)C1=O. The Morgan fingerprint density at radius 2 is 0.732 bits per heavy atom. The molecule has 18 rings (SSSR count). The lowest BCUT2D eigenvalue weighted by Gasteiger charge is -2.50. The van der Waals surface area contributed by atoms with Crippen molar-refractivity contribution in [2.75, 3.05) is 0 Å². The summed E-state index contributed by atoms with van der Waals surface area (Å²) in [6.45, 7) is 73.4. The number of fused-ring (bicyclic) bond motifs is 15.